The number of benzene rings is 2. The summed E-state index contributed by atoms with van der Waals surface area (Å²) in [6.45, 7) is 0. The average Bonchev–Trinajstić information content (AvgIpc) is 3.04. The first-order valence-electron chi connectivity index (χ1n) is 7.95. The summed E-state index contributed by atoms with van der Waals surface area (Å²) < 4.78 is 1.95. The van der Waals surface area contributed by atoms with Crippen molar-refractivity contribution < 1.29 is 0 Å². The first-order valence-corrected chi connectivity index (χ1v) is 7.95. The third kappa shape index (κ3) is 3.67. The maximum absolute atomic E-state index is 8.68. The molecule has 0 saturated carbocycles. The van der Waals surface area contributed by atoms with E-state index < -0.39 is 0 Å². The highest BCUT2D eigenvalue weighted by Gasteiger charge is 2.11. The van der Waals surface area contributed by atoms with Gasteiger partial charge in [0.1, 0.15) is 0 Å². The molecule has 3 nitrogen and oxygen atoms in total. The van der Waals surface area contributed by atoms with E-state index in [-0.39, 0.29) is 0 Å². The van der Waals surface area contributed by atoms with Crippen LogP contribution >= 0.6 is 0 Å². The summed E-state index contributed by atoms with van der Waals surface area (Å²) in [5.41, 5.74) is 4.47. The molecule has 0 aliphatic heterocycles. The minimum absolute atomic E-state index is 0.619. The molecule has 0 atom stereocenters. The van der Waals surface area contributed by atoms with Gasteiger partial charge in [-0.2, -0.15) is 10.4 Å². The molecule has 0 fully saturated rings. The summed E-state index contributed by atoms with van der Waals surface area (Å²) in [6.07, 6.45) is 5.62. The van der Waals surface area contributed by atoms with Crippen LogP contribution in [0.15, 0.2) is 66.9 Å². The second-order valence-corrected chi connectivity index (χ2v) is 5.51. The van der Waals surface area contributed by atoms with E-state index >= 15 is 0 Å². The van der Waals surface area contributed by atoms with Crippen molar-refractivity contribution >= 4 is 0 Å². The zero-order valence-corrected chi connectivity index (χ0v) is 13.0. The van der Waals surface area contributed by atoms with Crippen LogP contribution in [0, 0.1) is 11.3 Å². The summed E-state index contributed by atoms with van der Waals surface area (Å²) in [6, 6.07) is 22.7. The van der Waals surface area contributed by atoms with Gasteiger partial charge in [-0.05, 0) is 37.0 Å². The Balaban J connectivity index is 1.92. The maximum Gasteiger partial charge on any atom is 0.0959 e. The minimum atomic E-state index is 0.619. The molecule has 0 unspecified atom stereocenters. The molecule has 0 aliphatic carbocycles. The van der Waals surface area contributed by atoms with Gasteiger partial charge in [0.05, 0.1) is 17.5 Å². The zero-order chi connectivity index (χ0) is 15.9. The summed E-state index contributed by atoms with van der Waals surface area (Å²) >= 11 is 0. The first kappa shape index (κ1) is 15.1. The van der Waals surface area contributed by atoms with Gasteiger partial charge < -0.3 is 0 Å². The van der Waals surface area contributed by atoms with Crippen molar-refractivity contribution in [1.29, 1.82) is 5.26 Å². The topological polar surface area (TPSA) is 41.6 Å². The van der Waals surface area contributed by atoms with E-state index in [4.69, 9.17) is 10.4 Å². The second-order valence-electron chi connectivity index (χ2n) is 5.51. The van der Waals surface area contributed by atoms with Gasteiger partial charge in [0, 0.05) is 18.2 Å². The molecule has 2 aromatic carbocycles. The standard InChI is InChI=1S/C20H19N3/c21-15-9-3-6-12-18-16-23(19-13-7-2-8-14-19)22-20(18)17-10-4-1-5-11-17/h1-2,4-5,7-8,10-11,13-14,16H,3,6,9,12H2. The predicted octanol–water partition coefficient (Wildman–Crippen LogP) is 4.78. The number of nitrogens with zero attached hydrogens (tertiary/aromatic N) is 3. The van der Waals surface area contributed by atoms with Gasteiger partial charge in [-0.3, -0.25) is 0 Å². The summed E-state index contributed by atoms with van der Waals surface area (Å²) in [4.78, 5) is 0. The lowest BCUT2D eigenvalue weighted by Crippen LogP contribution is -1.93. The fourth-order valence-corrected chi connectivity index (χ4v) is 2.66. The van der Waals surface area contributed by atoms with Crippen molar-refractivity contribution in [3.8, 4) is 23.0 Å². The van der Waals surface area contributed by atoms with E-state index in [1.807, 2.05) is 41.1 Å². The summed E-state index contributed by atoms with van der Waals surface area (Å²) in [5.74, 6) is 0. The van der Waals surface area contributed by atoms with Gasteiger partial charge in [0.25, 0.3) is 0 Å². The molecule has 1 heterocycles. The lowest BCUT2D eigenvalue weighted by atomic mass is 10.0. The highest BCUT2D eigenvalue weighted by Crippen LogP contribution is 2.25. The highest BCUT2D eigenvalue weighted by atomic mass is 15.3. The lowest BCUT2D eigenvalue weighted by Gasteiger charge is -2.01. The Kier molecular flexibility index (Phi) is 4.85. The van der Waals surface area contributed by atoms with Crippen molar-refractivity contribution in [1.82, 2.24) is 9.78 Å². The molecule has 1 aromatic heterocycles. The molecule has 114 valence electrons. The summed E-state index contributed by atoms with van der Waals surface area (Å²) in [5, 5.41) is 13.5. The number of rotatable bonds is 6. The monoisotopic (exact) mass is 301 g/mol. The number of nitriles is 1. The molecule has 23 heavy (non-hydrogen) atoms. The number of hydrogen-bond donors (Lipinski definition) is 0. The minimum Gasteiger partial charge on any atom is -0.240 e. The van der Waals surface area contributed by atoms with Gasteiger partial charge in [-0.25, -0.2) is 4.68 Å². The van der Waals surface area contributed by atoms with E-state index in [2.05, 4.69) is 36.5 Å². The molecule has 0 saturated heterocycles. The lowest BCUT2D eigenvalue weighted by molar-refractivity contribution is 0.753. The first-order chi connectivity index (χ1) is 11.4. The van der Waals surface area contributed by atoms with Crippen molar-refractivity contribution in [2.45, 2.75) is 25.7 Å². The van der Waals surface area contributed by atoms with Crippen LogP contribution in [0.1, 0.15) is 24.8 Å². The van der Waals surface area contributed by atoms with Gasteiger partial charge in [-0.1, -0.05) is 48.5 Å². The van der Waals surface area contributed by atoms with Crippen LogP contribution in [0.2, 0.25) is 0 Å². The van der Waals surface area contributed by atoms with Gasteiger partial charge in [-0.15, -0.1) is 0 Å². The molecule has 0 bridgehead atoms. The molecule has 0 amide bonds. The van der Waals surface area contributed by atoms with E-state index in [9.17, 15) is 0 Å². The normalized spacial score (nSPS) is 10.4. The van der Waals surface area contributed by atoms with E-state index in [0.717, 1.165) is 36.2 Å². The van der Waals surface area contributed by atoms with Crippen LogP contribution in [0.25, 0.3) is 16.9 Å². The van der Waals surface area contributed by atoms with Crippen LogP contribution in [0.5, 0.6) is 0 Å². The summed E-state index contributed by atoms with van der Waals surface area (Å²) in [7, 11) is 0. The SMILES string of the molecule is N#CCCCCc1cn(-c2ccccc2)nc1-c1ccccc1. The van der Waals surface area contributed by atoms with Gasteiger partial charge in [0.2, 0.25) is 0 Å². The van der Waals surface area contributed by atoms with Crippen LogP contribution in [0.4, 0.5) is 0 Å². The molecular formula is C20H19N3. The number of para-hydroxylation sites is 1. The van der Waals surface area contributed by atoms with Crippen LogP contribution in [0.3, 0.4) is 0 Å². The van der Waals surface area contributed by atoms with Crippen LogP contribution in [-0.4, -0.2) is 9.78 Å². The van der Waals surface area contributed by atoms with E-state index in [1.54, 1.807) is 0 Å². The Bertz CT molecular complexity index is 783. The molecular weight excluding hydrogens is 282 g/mol. The fourth-order valence-electron chi connectivity index (χ4n) is 2.66. The Morgan fingerprint density at radius 1 is 0.913 bits per heavy atom. The predicted molar refractivity (Wildman–Crippen MR) is 92.2 cm³/mol. The van der Waals surface area contributed by atoms with Crippen molar-refractivity contribution in [3.05, 3.63) is 72.4 Å². The van der Waals surface area contributed by atoms with Crippen molar-refractivity contribution in [2.75, 3.05) is 0 Å². The largest absolute Gasteiger partial charge is 0.240 e. The highest BCUT2D eigenvalue weighted by molar-refractivity contribution is 5.63. The van der Waals surface area contributed by atoms with E-state index in [1.165, 1.54) is 5.56 Å². The smallest absolute Gasteiger partial charge is 0.0959 e. The molecule has 3 aromatic rings. The van der Waals surface area contributed by atoms with Gasteiger partial charge >= 0.3 is 0 Å². The third-order valence-electron chi connectivity index (χ3n) is 3.84. The van der Waals surface area contributed by atoms with E-state index in [0.29, 0.717) is 6.42 Å². The molecule has 3 rings (SSSR count). The molecule has 3 heteroatoms. The number of hydrogen-bond acceptors (Lipinski definition) is 2. The second kappa shape index (κ2) is 7.42. The maximum atomic E-state index is 8.68. The molecule has 0 aliphatic rings. The number of aryl methyl sites for hydroxylation is 1. The Morgan fingerprint density at radius 2 is 1.61 bits per heavy atom. The van der Waals surface area contributed by atoms with Crippen molar-refractivity contribution in [2.24, 2.45) is 0 Å². The molecule has 0 N–H and O–H groups in total. The van der Waals surface area contributed by atoms with Crippen molar-refractivity contribution in [3.63, 3.8) is 0 Å². The number of unbranched alkanes of at least 4 members (excludes halogenated alkanes) is 2. The Morgan fingerprint density at radius 3 is 2.30 bits per heavy atom. The molecule has 0 radical (unpaired) electrons. The number of aromatic nitrogens is 2. The Labute approximate surface area is 136 Å². The third-order valence-corrected chi connectivity index (χ3v) is 3.84. The molecule has 0 spiro atoms. The Hall–Kier alpha value is -2.86. The fraction of sp³-hybridized carbons (Fsp3) is 0.200. The van der Waals surface area contributed by atoms with Crippen LogP contribution < -0.4 is 0 Å². The van der Waals surface area contributed by atoms with Crippen LogP contribution in [-0.2, 0) is 6.42 Å². The zero-order valence-electron chi connectivity index (χ0n) is 13.0. The quantitative estimate of drug-likeness (QED) is 0.615. The van der Waals surface area contributed by atoms with Gasteiger partial charge in [0.15, 0.2) is 0 Å². The average molecular weight is 301 g/mol.